The minimum absolute atomic E-state index is 0.273. The highest BCUT2D eigenvalue weighted by atomic mass is 32.1. The molecule has 0 atom stereocenters. The average molecular weight is 518 g/mol. The van der Waals surface area contributed by atoms with Gasteiger partial charge in [0.05, 0.1) is 29.5 Å². The Balaban J connectivity index is 1.28. The van der Waals surface area contributed by atoms with Crippen molar-refractivity contribution in [1.82, 2.24) is 20.3 Å². The second-order valence-corrected chi connectivity index (χ2v) is 9.93. The molecule has 4 aromatic rings. The zero-order chi connectivity index (χ0) is 25.0. The summed E-state index contributed by atoms with van der Waals surface area (Å²) in [7, 11) is 0. The molecule has 8 nitrogen and oxygen atoms in total. The number of nitrogens with zero attached hydrogens (tertiary/aromatic N) is 5. The van der Waals surface area contributed by atoms with E-state index in [1.165, 1.54) is 17.8 Å². The molecule has 2 aliphatic heterocycles. The van der Waals surface area contributed by atoms with Crippen LogP contribution in [0.1, 0.15) is 0 Å². The predicted molar refractivity (Wildman–Crippen MR) is 146 cm³/mol. The highest BCUT2D eigenvalue weighted by Gasteiger charge is 2.22. The highest BCUT2D eigenvalue weighted by molar-refractivity contribution is 7.19. The van der Waals surface area contributed by atoms with E-state index in [1.54, 1.807) is 29.7 Å². The first-order valence-electron chi connectivity index (χ1n) is 12.5. The maximum absolute atomic E-state index is 13.6. The summed E-state index contributed by atoms with van der Waals surface area (Å²) in [4.78, 5) is 19.8. The molecule has 0 spiro atoms. The summed E-state index contributed by atoms with van der Waals surface area (Å²) < 4.78 is 19.2. The molecule has 37 heavy (non-hydrogen) atoms. The Morgan fingerprint density at radius 2 is 1.62 bits per heavy atom. The normalized spacial score (nSPS) is 16.1. The molecule has 2 N–H and O–H groups in total. The van der Waals surface area contributed by atoms with E-state index in [4.69, 9.17) is 14.7 Å². The number of piperazine rings is 1. The third-order valence-electron chi connectivity index (χ3n) is 6.51. The van der Waals surface area contributed by atoms with Crippen LogP contribution in [0.5, 0.6) is 0 Å². The lowest BCUT2D eigenvalue weighted by Crippen LogP contribution is -2.43. The maximum atomic E-state index is 13.6. The van der Waals surface area contributed by atoms with Crippen LogP contribution in [0.25, 0.3) is 21.8 Å². The van der Waals surface area contributed by atoms with Crippen molar-refractivity contribution in [2.24, 2.45) is 0 Å². The summed E-state index contributed by atoms with van der Waals surface area (Å²) in [6.07, 6.45) is 1.75. The first kappa shape index (κ1) is 23.8. The van der Waals surface area contributed by atoms with Crippen molar-refractivity contribution >= 4 is 33.8 Å². The summed E-state index contributed by atoms with van der Waals surface area (Å²) in [6.45, 7) is 6.96. The number of hydrogen-bond donors (Lipinski definition) is 2. The summed E-state index contributed by atoms with van der Waals surface area (Å²) in [6, 6.07) is 16.7. The molecule has 0 aliphatic carbocycles. The highest BCUT2D eigenvalue weighted by Crippen LogP contribution is 2.40. The summed E-state index contributed by atoms with van der Waals surface area (Å²) in [5.41, 5.74) is 4.55. The second-order valence-electron chi connectivity index (χ2n) is 8.95. The van der Waals surface area contributed by atoms with E-state index in [-0.39, 0.29) is 5.82 Å². The van der Waals surface area contributed by atoms with Crippen LogP contribution < -0.4 is 20.4 Å². The van der Waals surface area contributed by atoms with Crippen molar-refractivity contribution in [1.29, 1.82) is 0 Å². The van der Waals surface area contributed by atoms with Crippen molar-refractivity contribution in [2.75, 3.05) is 67.6 Å². The van der Waals surface area contributed by atoms with Crippen LogP contribution in [-0.2, 0) is 4.74 Å². The summed E-state index contributed by atoms with van der Waals surface area (Å²) >= 11 is 1.59. The second kappa shape index (κ2) is 10.8. The van der Waals surface area contributed by atoms with Crippen molar-refractivity contribution in [3.63, 3.8) is 0 Å². The van der Waals surface area contributed by atoms with Gasteiger partial charge in [-0.05, 0) is 54.6 Å². The lowest BCUT2D eigenvalue weighted by Gasteiger charge is -2.29. The molecule has 190 valence electrons. The summed E-state index contributed by atoms with van der Waals surface area (Å²) in [5, 5.41) is 7.63. The first-order valence-corrected chi connectivity index (χ1v) is 13.3. The molecule has 0 saturated carbocycles. The standard InChI is InChI=1S/C27H28FN7OS/c28-20-3-1-19(2-4-20)24-25(37-27(33-24)35-15-17-36-18-16-35)23-9-10-30-26(32-23)31-21-5-7-22(8-6-21)34-13-11-29-12-14-34/h1-10,29H,11-18H2,(H,30,31,32). The minimum Gasteiger partial charge on any atom is -0.378 e. The van der Waals surface area contributed by atoms with Gasteiger partial charge in [0.15, 0.2) is 5.13 Å². The Morgan fingerprint density at radius 3 is 2.38 bits per heavy atom. The number of thiazole rings is 1. The Morgan fingerprint density at radius 1 is 0.865 bits per heavy atom. The number of rotatable bonds is 6. The topological polar surface area (TPSA) is 78.4 Å². The first-order chi connectivity index (χ1) is 18.2. The molecule has 0 unspecified atom stereocenters. The fraction of sp³-hybridized carbons (Fsp3) is 0.296. The Bertz CT molecular complexity index is 1330. The number of halogens is 1. The molecule has 6 rings (SSSR count). The van der Waals surface area contributed by atoms with Crippen LogP contribution in [0.2, 0.25) is 0 Å². The monoisotopic (exact) mass is 517 g/mol. The molecule has 4 heterocycles. The lowest BCUT2D eigenvalue weighted by atomic mass is 10.1. The molecule has 2 saturated heterocycles. The van der Waals surface area contributed by atoms with Gasteiger partial charge in [0.2, 0.25) is 5.95 Å². The largest absolute Gasteiger partial charge is 0.378 e. The molecule has 0 amide bonds. The van der Waals surface area contributed by atoms with E-state index in [0.29, 0.717) is 19.2 Å². The van der Waals surface area contributed by atoms with Gasteiger partial charge >= 0.3 is 0 Å². The molecule has 2 aliphatic rings. The van der Waals surface area contributed by atoms with E-state index in [9.17, 15) is 4.39 Å². The van der Waals surface area contributed by atoms with Crippen LogP contribution in [0, 0.1) is 5.82 Å². The Kier molecular flexibility index (Phi) is 6.94. The van der Waals surface area contributed by atoms with Crippen LogP contribution >= 0.6 is 11.3 Å². The molecule has 0 radical (unpaired) electrons. The SMILES string of the molecule is Fc1ccc(-c2nc(N3CCOCC3)sc2-c2ccnc(Nc3ccc(N4CCNCC4)cc3)n2)cc1. The van der Waals surface area contributed by atoms with Crippen molar-refractivity contribution in [2.45, 2.75) is 0 Å². The van der Waals surface area contributed by atoms with Crippen molar-refractivity contribution in [3.05, 3.63) is 66.6 Å². The fourth-order valence-corrected chi connectivity index (χ4v) is 5.64. The van der Waals surface area contributed by atoms with E-state index in [0.717, 1.165) is 71.9 Å². The lowest BCUT2D eigenvalue weighted by molar-refractivity contribution is 0.122. The number of anilines is 4. The van der Waals surface area contributed by atoms with Gasteiger partial charge < -0.3 is 25.2 Å². The number of hydrogen-bond acceptors (Lipinski definition) is 9. The van der Waals surface area contributed by atoms with E-state index < -0.39 is 0 Å². The molecule has 0 bridgehead atoms. The Hall–Kier alpha value is -3.60. The van der Waals surface area contributed by atoms with Gasteiger partial charge in [0, 0.05) is 62.4 Å². The van der Waals surface area contributed by atoms with Crippen molar-refractivity contribution < 1.29 is 9.13 Å². The number of morpholine rings is 1. The zero-order valence-corrected chi connectivity index (χ0v) is 21.2. The third-order valence-corrected chi connectivity index (χ3v) is 7.65. The van der Waals surface area contributed by atoms with Crippen molar-refractivity contribution in [3.8, 4) is 21.8 Å². The van der Waals surface area contributed by atoms with E-state index in [2.05, 4.69) is 49.7 Å². The van der Waals surface area contributed by atoms with Crippen LogP contribution in [0.15, 0.2) is 60.8 Å². The van der Waals surface area contributed by atoms with Gasteiger partial charge in [0.25, 0.3) is 0 Å². The number of aromatic nitrogens is 3. The summed E-state index contributed by atoms with van der Waals surface area (Å²) in [5.74, 6) is 0.240. The van der Waals surface area contributed by atoms with Crippen LogP contribution in [0.4, 0.5) is 26.8 Å². The third kappa shape index (κ3) is 5.41. The molecular weight excluding hydrogens is 489 g/mol. The Labute approximate surface area is 219 Å². The fourth-order valence-electron chi connectivity index (χ4n) is 4.53. The van der Waals surface area contributed by atoms with Gasteiger partial charge in [-0.1, -0.05) is 11.3 Å². The van der Waals surface area contributed by atoms with Crippen LogP contribution in [0.3, 0.4) is 0 Å². The number of ether oxygens (including phenoxy) is 1. The minimum atomic E-state index is -0.273. The molecule has 2 aromatic heterocycles. The molecule has 2 aromatic carbocycles. The molecule has 2 fully saturated rings. The average Bonchev–Trinajstić information content (AvgIpc) is 3.41. The van der Waals surface area contributed by atoms with Gasteiger partial charge in [-0.15, -0.1) is 0 Å². The number of nitrogens with one attached hydrogen (secondary N) is 2. The maximum Gasteiger partial charge on any atom is 0.227 e. The molecular formula is C27H28FN7OS. The molecule has 10 heteroatoms. The van der Waals surface area contributed by atoms with Crippen LogP contribution in [-0.4, -0.2) is 67.4 Å². The van der Waals surface area contributed by atoms with Gasteiger partial charge in [-0.3, -0.25) is 0 Å². The van der Waals surface area contributed by atoms with E-state index in [1.807, 2.05) is 6.07 Å². The predicted octanol–water partition coefficient (Wildman–Crippen LogP) is 4.40. The quantitative estimate of drug-likeness (QED) is 0.390. The van der Waals surface area contributed by atoms with Gasteiger partial charge in [-0.25, -0.2) is 19.3 Å². The van der Waals surface area contributed by atoms with Gasteiger partial charge in [0.1, 0.15) is 5.82 Å². The van der Waals surface area contributed by atoms with Gasteiger partial charge in [-0.2, -0.15) is 0 Å². The number of benzene rings is 2. The zero-order valence-electron chi connectivity index (χ0n) is 20.4. The smallest absolute Gasteiger partial charge is 0.227 e. The van der Waals surface area contributed by atoms with E-state index >= 15 is 0 Å².